The summed E-state index contributed by atoms with van der Waals surface area (Å²) in [6.45, 7) is 5.29. The van der Waals surface area contributed by atoms with Gasteiger partial charge in [-0.05, 0) is 54.6 Å². The molecule has 1 fully saturated rings. The van der Waals surface area contributed by atoms with Crippen molar-refractivity contribution in [1.29, 1.82) is 0 Å². The van der Waals surface area contributed by atoms with Crippen LogP contribution in [0.25, 0.3) is 16.7 Å². The Bertz CT molecular complexity index is 1540. The molecule has 1 aliphatic rings. The highest BCUT2D eigenvalue weighted by Crippen LogP contribution is 2.27. The molecule has 0 bridgehead atoms. The fourth-order valence-electron chi connectivity index (χ4n) is 4.30. The summed E-state index contributed by atoms with van der Waals surface area (Å²) >= 11 is 0. The molecule has 204 valence electrons. The molecule has 0 spiro atoms. The molecule has 3 heterocycles. The monoisotopic (exact) mass is 551 g/mol. The highest BCUT2D eigenvalue weighted by molar-refractivity contribution is 7.85. The number of fused-ring (bicyclic) bond motifs is 1. The van der Waals surface area contributed by atoms with Crippen LogP contribution in [-0.2, 0) is 21.4 Å². The number of carbonyl (C=O) groups excluding carboxylic acids is 1. The van der Waals surface area contributed by atoms with Crippen molar-refractivity contribution in [2.75, 3.05) is 50.0 Å². The summed E-state index contributed by atoms with van der Waals surface area (Å²) in [5.74, 6) is 0.184. The Morgan fingerprint density at radius 3 is 2.56 bits per heavy atom. The summed E-state index contributed by atoms with van der Waals surface area (Å²) in [7, 11) is -4.42. The average molecular weight is 552 g/mol. The summed E-state index contributed by atoms with van der Waals surface area (Å²) in [5.41, 5.74) is 3.17. The molecule has 4 N–H and O–H groups in total. The number of hydrogen-bond donors (Lipinski definition) is 4. The molecular formula is C26H29N7O5S. The average Bonchev–Trinajstić information content (AvgIpc) is 3.30. The van der Waals surface area contributed by atoms with Crippen LogP contribution in [0.1, 0.15) is 5.69 Å². The van der Waals surface area contributed by atoms with Crippen molar-refractivity contribution < 1.29 is 22.5 Å². The van der Waals surface area contributed by atoms with Gasteiger partial charge in [0.25, 0.3) is 10.1 Å². The number of imidazole rings is 1. The lowest BCUT2D eigenvalue weighted by Gasteiger charge is -2.26. The Kier molecular flexibility index (Phi) is 8.02. The minimum absolute atomic E-state index is 0.184. The van der Waals surface area contributed by atoms with Crippen LogP contribution < -0.4 is 16.0 Å². The van der Waals surface area contributed by atoms with Crippen molar-refractivity contribution in [3.63, 3.8) is 0 Å². The van der Waals surface area contributed by atoms with Crippen molar-refractivity contribution in [1.82, 2.24) is 24.8 Å². The van der Waals surface area contributed by atoms with Gasteiger partial charge in [0.15, 0.2) is 0 Å². The Morgan fingerprint density at radius 2 is 1.85 bits per heavy atom. The molecule has 0 unspecified atom stereocenters. The minimum atomic E-state index is -4.42. The first kappa shape index (κ1) is 26.6. The maximum atomic E-state index is 12.7. The van der Waals surface area contributed by atoms with E-state index in [-0.39, 0.29) is 22.9 Å². The van der Waals surface area contributed by atoms with Gasteiger partial charge >= 0.3 is 6.03 Å². The van der Waals surface area contributed by atoms with E-state index in [1.54, 1.807) is 22.9 Å². The van der Waals surface area contributed by atoms with Crippen LogP contribution in [0.3, 0.4) is 0 Å². The van der Waals surface area contributed by atoms with E-state index in [0.717, 1.165) is 45.1 Å². The van der Waals surface area contributed by atoms with Crippen molar-refractivity contribution in [3.8, 4) is 5.69 Å². The second-order valence-corrected chi connectivity index (χ2v) is 10.4. The molecule has 0 aliphatic carbocycles. The molecular weight excluding hydrogens is 522 g/mol. The molecule has 5 rings (SSSR count). The number of ether oxygens (including phenoxy) is 1. The molecule has 0 atom stereocenters. The highest BCUT2D eigenvalue weighted by Gasteiger charge is 2.18. The quantitative estimate of drug-likeness (QED) is 0.230. The van der Waals surface area contributed by atoms with E-state index in [4.69, 9.17) is 4.74 Å². The third-order valence-electron chi connectivity index (χ3n) is 6.29. The Morgan fingerprint density at radius 1 is 1.05 bits per heavy atom. The van der Waals surface area contributed by atoms with E-state index in [2.05, 4.69) is 30.8 Å². The van der Waals surface area contributed by atoms with Crippen molar-refractivity contribution in [3.05, 3.63) is 72.6 Å². The molecule has 39 heavy (non-hydrogen) atoms. The standard InChI is InChI=1S/C26H29N7O5S/c34-26(29-18-20-3-1-2-10-27-20)31-25-30-23-17-22(39(35,36)37)8-9-24(23)33(25)21-6-4-19(5-7-21)28-11-12-32-13-15-38-16-14-32/h1-10,17,28H,11-16,18H2,(H,35,36,37)(H2,29,30,31,34). The van der Waals surface area contributed by atoms with Crippen molar-refractivity contribution in [2.45, 2.75) is 11.4 Å². The summed E-state index contributed by atoms with van der Waals surface area (Å²) < 4.78 is 39.9. The van der Waals surface area contributed by atoms with Gasteiger partial charge in [0.05, 0.1) is 41.4 Å². The summed E-state index contributed by atoms with van der Waals surface area (Å²) in [6.07, 6.45) is 1.64. The maximum Gasteiger partial charge on any atom is 0.321 e. The number of morpholine rings is 1. The number of carbonyl (C=O) groups is 1. The van der Waals surface area contributed by atoms with Gasteiger partial charge in [-0.25, -0.2) is 9.78 Å². The second-order valence-electron chi connectivity index (χ2n) is 8.95. The molecule has 0 saturated carbocycles. The molecule has 2 aromatic carbocycles. The van der Waals surface area contributed by atoms with Crippen LogP contribution >= 0.6 is 0 Å². The summed E-state index contributed by atoms with van der Waals surface area (Å²) in [5, 5.41) is 8.90. The van der Waals surface area contributed by atoms with Gasteiger partial charge in [0.2, 0.25) is 5.95 Å². The molecule has 1 aliphatic heterocycles. The third kappa shape index (κ3) is 6.70. The number of nitrogens with zero attached hydrogens (tertiary/aromatic N) is 4. The fraction of sp³-hybridized carbons (Fsp3) is 0.269. The predicted molar refractivity (Wildman–Crippen MR) is 147 cm³/mol. The molecule has 12 nitrogen and oxygen atoms in total. The predicted octanol–water partition coefficient (Wildman–Crippen LogP) is 2.73. The Labute approximate surface area is 225 Å². The van der Waals surface area contributed by atoms with E-state index in [1.165, 1.54) is 18.2 Å². The smallest absolute Gasteiger partial charge is 0.321 e. The van der Waals surface area contributed by atoms with Crippen molar-refractivity contribution in [2.24, 2.45) is 0 Å². The summed E-state index contributed by atoms with van der Waals surface area (Å²) in [4.78, 5) is 23.4. The van der Waals surface area contributed by atoms with Gasteiger partial charge in [0, 0.05) is 43.8 Å². The van der Waals surface area contributed by atoms with E-state index in [1.807, 2.05) is 30.3 Å². The fourth-order valence-corrected chi connectivity index (χ4v) is 4.80. The lowest BCUT2D eigenvalue weighted by atomic mass is 10.2. The lowest BCUT2D eigenvalue weighted by molar-refractivity contribution is 0.0398. The lowest BCUT2D eigenvalue weighted by Crippen LogP contribution is -2.38. The number of benzene rings is 2. The van der Waals surface area contributed by atoms with E-state index < -0.39 is 16.1 Å². The Hall–Kier alpha value is -4.04. The normalized spacial score (nSPS) is 14.3. The van der Waals surface area contributed by atoms with Gasteiger partial charge in [-0.15, -0.1) is 0 Å². The SMILES string of the molecule is O=C(NCc1ccccn1)Nc1nc2cc(S(=O)(=O)O)ccc2n1-c1ccc(NCCN2CCOCC2)cc1. The first-order chi connectivity index (χ1) is 18.9. The van der Waals surface area contributed by atoms with Gasteiger partial charge < -0.3 is 15.4 Å². The van der Waals surface area contributed by atoms with Crippen LogP contribution in [0.2, 0.25) is 0 Å². The van der Waals surface area contributed by atoms with E-state index >= 15 is 0 Å². The van der Waals surface area contributed by atoms with Gasteiger partial charge in [-0.3, -0.25) is 24.3 Å². The maximum absolute atomic E-state index is 12.7. The number of urea groups is 1. The van der Waals surface area contributed by atoms with Gasteiger partial charge in [-0.2, -0.15) is 8.42 Å². The van der Waals surface area contributed by atoms with E-state index in [9.17, 15) is 17.8 Å². The van der Waals surface area contributed by atoms with Crippen molar-refractivity contribution >= 4 is 38.8 Å². The molecule has 13 heteroatoms. The minimum Gasteiger partial charge on any atom is -0.384 e. The second kappa shape index (κ2) is 11.8. The number of nitrogens with one attached hydrogen (secondary N) is 3. The number of aromatic nitrogens is 3. The largest absolute Gasteiger partial charge is 0.384 e. The molecule has 2 aromatic heterocycles. The van der Waals surface area contributed by atoms with Gasteiger partial charge in [-0.1, -0.05) is 6.07 Å². The Balaban J connectivity index is 1.36. The zero-order valence-corrected chi connectivity index (χ0v) is 21.9. The zero-order valence-electron chi connectivity index (χ0n) is 21.1. The van der Waals surface area contributed by atoms with Crippen LogP contribution in [-0.4, -0.2) is 77.8 Å². The number of pyridine rings is 1. The topological polar surface area (TPSA) is 151 Å². The van der Waals surface area contributed by atoms with Crippen LogP contribution in [0.5, 0.6) is 0 Å². The summed E-state index contributed by atoms with van der Waals surface area (Å²) in [6, 6.07) is 16.6. The molecule has 2 amide bonds. The number of amides is 2. The number of hydrogen-bond acceptors (Lipinski definition) is 8. The third-order valence-corrected chi connectivity index (χ3v) is 7.14. The first-order valence-electron chi connectivity index (χ1n) is 12.5. The highest BCUT2D eigenvalue weighted by atomic mass is 32.2. The van der Waals surface area contributed by atoms with E-state index in [0.29, 0.717) is 16.9 Å². The van der Waals surface area contributed by atoms with Crippen LogP contribution in [0, 0.1) is 0 Å². The molecule has 4 aromatic rings. The van der Waals surface area contributed by atoms with Crippen LogP contribution in [0.4, 0.5) is 16.4 Å². The van der Waals surface area contributed by atoms with Crippen LogP contribution in [0.15, 0.2) is 71.8 Å². The molecule has 1 saturated heterocycles. The zero-order chi connectivity index (χ0) is 27.2. The van der Waals surface area contributed by atoms with Gasteiger partial charge in [0.1, 0.15) is 0 Å². The first-order valence-corrected chi connectivity index (χ1v) is 13.9. The molecule has 0 radical (unpaired) electrons. The number of anilines is 2. The number of rotatable bonds is 9.